The lowest BCUT2D eigenvalue weighted by Crippen LogP contribution is -2.45. The molecule has 2 aliphatic rings. The fourth-order valence-corrected chi connectivity index (χ4v) is 5.61. The topological polar surface area (TPSA) is 71.2 Å². The van der Waals surface area contributed by atoms with E-state index >= 15 is 0 Å². The number of aromatic nitrogens is 4. The number of anilines is 1. The number of imidazole rings is 1. The largest absolute Gasteiger partial charge is 0.354 e. The second-order valence-corrected chi connectivity index (χ2v) is 10.6. The minimum atomic E-state index is -0.0133. The van der Waals surface area contributed by atoms with Crippen LogP contribution in [0.2, 0.25) is 0 Å². The molecule has 2 atom stereocenters. The van der Waals surface area contributed by atoms with Crippen molar-refractivity contribution in [1.82, 2.24) is 28.9 Å². The number of unbranched alkanes of at least 4 members (excludes halogenated alkanes) is 1. The van der Waals surface area contributed by atoms with E-state index in [2.05, 4.69) is 50.0 Å². The summed E-state index contributed by atoms with van der Waals surface area (Å²) >= 11 is 3.49. The zero-order valence-electron chi connectivity index (χ0n) is 20.1. The lowest BCUT2D eigenvalue weighted by molar-refractivity contribution is 0.147. The lowest BCUT2D eigenvalue weighted by Gasteiger charge is -2.31. The highest BCUT2D eigenvalue weighted by Gasteiger charge is 2.40. The van der Waals surface area contributed by atoms with Crippen LogP contribution >= 0.6 is 15.9 Å². The van der Waals surface area contributed by atoms with Crippen LogP contribution in [0, 0.1) is 0 Å². The number of benzene rings is 1. The summed E-state index contributed by atoms with van der Waals surface area (Å²) in [5.41, 5.74) is 2.57. The third-order valence-corrected chi connectivity index (χ3v) is 7.81. The third-order valence-electron chi connectivity index (χ3n) is 7.28. The van der Waals surface area contributed by atoms with E-state index in [1.54, 1.807) is 4.57 Å². The van der Waals surface area contributed by atoms with Crippen LogP contribution in [-0.2, 0) is 13.1 Å². The minimum absolute atomic E-state index is 0.0133. The summed E-state index contributed by atoms with van der Waals surface area (Å²) in [5, 5.41) is 3.30. The van der Waals surface area contributed by atoms with E-state index in [0.717, 1.165) is 54.4 Å². The van der Waals surface area contributed by atoms with E-state index in [1.807, 2.05) is 35.0 Å². The minimum Gasteiger partial charge on any atom is -0.354 e. The highest BCUT2D eigenvalue weighted by Crippen LogP contribution is 2.29. The lowest BCUT2D eigenvalue weighted by atomic mass is 10.2. The second kappa shape index (κ2) is 10.2. The molecule has 4 heterocycles. The molecule has 9 heteroatoms. The van der Waals surface area contributed by atoms with Crippen LogP contribution in [0.1, 0.15) is 38.2 Å². The summed E-state index contributed by atoms with van der Waals surface area (Å²) in [6, 6.07) is 9.47. The van der Waals surface area contributed by atoms with Gasteiger partial charge in [-0.3, -0.25) is 14.0 Å². The Morgan fingerprint density at radius 3 is 2.62 bits per heavy atom. The van der Waals surface area contributed by atoms with Crippen LogP contribution in [0.4, 0.5) is 5.95 Å². The first-order valence-corrected chi connectivity index (χ1v) is 13.2. The summed E-state index contributed by atoms with van der Waals surface area (Å²) in [6.07, 6.45) is 6.20. The zero-order valence-corrected chi connectivity index (χ0v) is 21.7. The number of aryl methyl sites for hydroxylation is 1. The standard InChI is InChI=1S/C25H34BrN7O/c1-3-4-10-27-24-28-14-22-23(29-24)33(15-18-6-8-19(26)9-7-18)25(34)32(22)12-5-11-31-17-20-13-21(31)16-30(20)2/h6-9,14,20-21H,3-5,10-13,15-17H2,1-2H3,(H,27,28,29). The molecule has 2 fully saturated rings. The zero-order chi connectivity index (χ0) is 23.7. The predicted octanol–water partition coefficient (Wildman–Crippen LogP) is 3.39. The monoisotopic (exact) mass is 527 g/mol. The van der Waals surface area contributed by atoms with Gasteiger partial charge in [0, 0.05) is 49.3 Å². The summed E-state index contributed by atoms with van der Waals surface area (Å²) in [6.45, 7) is 7.50. The number of piperazine rings is 1. The fraction of sp³-hybridized carbons (Fsp3) is 0.560. The molecule has 0 saturated carbocycles. The first kappa shape index (κ1) is 23.5. The van der Waals surface area contributed by atoms with Crippen molar-refractivity contribution >= 4 is 33.0 Å². The highest BCUT2D eigenvalue weighted by molar-refractivity contribution is 9.10. The number of hydrogen-bond donors (Lipinski definition) is 1. The van der Waals surface area contributed by atoms with Crippen LogP contribution in [0.3, 0.4) is 0 Å². The molecule has 3 aromatic rings. The maximum absolute atomic E-state index is 13.5. The van der Waals surface area contributed by atoms with E-state index in [4.69, 9.17) is 4.98 Å². The van der Waals surface area contributed by atoms with Gasteiger partial charge in [-0.2, -0.15) is 4.98 Å². The van der Waals surface area contributed by atoms with E-state index in [0.29, 0.717) is 36.8 Å². The van der Waals surface area contributed by atoms with E-state index in [-0.39, 0.29) is 5.69 Å². The number of nitrogens with zero attached hydrogens (tertiary/aromatic N) is 6. The molecule has 1 N–H and O–H groups in total. The van der Waals surface area contributed by atoms with Gasteiger partial charge in [0.2, 0.25) is 5.95 Å². The van der Waals surface area contributed by atoms with Crippen molar-refractivity contribution in [1.29, 1.82) is 0 Å². The van der Waals surface area contributed by atoms with Gasteiger partial charge in [0.05, 0.1) is 12.7 Å². The number of likely N-dealkylation sites (N-methyl/N-ethyl adjacent to an activating group) is 1. The summed E-state index contributed by atoms with van der Waals surface area (Å²) in [5.74, 6) is 0.583. The average Bonchev–Trinajstić information content (AvgIpc) is 3.47. The Hall–Kier alpha value is -2.23. The van der Waals surface area contributed by atoms with Gasteiger partial charge in [-0.05, 0) is 44.0 Å². The average molecular weight is 528 g/mol. The number of likely N-dealkylation sites (tertiary alicyclic amines) is 2. The van der Waals surface area contributed by atoms with Gasteiger partial charge in [-0.25, -0.2) is 9.78 Å². The molecule has 2 bridgehead atoms. The first-order valence-electron chi connectivity index (χ1n) is 12.4. The maximum Gasteiger partial charge on any atom is 0.330 e. The highest BCUT2D eigenvalue weighted by atomic mass is 79.9. The summed E-state index contributed by atoms with van der Waals surface area (Å²) in [4.78, 5) is 27.9. The van der Waals surface area contributed by atoms with Gasteiger partial charge < -0.3 is 10.2 Å². The number of nitrogens with one attached hydrogen (secondary N) is 1. The fourth-order valence-electron chi connectivity index (χ4n) is 5.34. The van der Waals surface area contributed by atoms with E-state index in [1.165, 1.54) is 13.0 Å². The second-order valence-electron chi connectivity index (χ2n) is 9.66. The van der Waals surface area contributed by atoms with Gasteiger partial charge in [-0.15, -0.1) is 0 Å². The van der Waals surface area contributed by atoms with Crippen LogP contribution in [0.5, 0.6) is 0 Å². The quantitative estimate of drug-likeness (QED) is 0.407. The molecule has 1 aromatic carbocycles. The number of fused-ring (bicyclic) bond motifs is 3. The van der Waals surface area contributed by atoms with E-state index in [9.17, 15) is 4.79 Å². The Morgan fingerprint density at radius 1 is 1.09 bits per heavy atom. The molecule has 0 amide bonds. The van der Waals surface area contributed by atoms with Crippen molar-refractivity contribution in [2.75, 3.05) is 38.5 Å². The molecule has 8 nitrogen and oxygen atoms in total. The van der Waals surface area contributed by atoms with Crippen LogP contribution in [0.15, 0.2) is 39.7 Å². The van der Waals surface area contributed by atoms with Gasteiger partial charge >= 0.3 is 5.69 Å². The Labute approximate surface area is 209 Å². The van der Waals surface area contributed by atoms with Crippen molar-refractivity contribution in [2.24, 2.45) is 0 Å². The van der Waals surface area contributed by atoms with Crippen LogP contribution in [0.25, 0.3) is 11.2 Å². The van der Waals surface area contributed by atoms with Crippen molar-refractivity contribution in [3.63, 3.8) is 0 Å². The molecule has 2 unspecified atom stereocenters. The molecule has 2 saturated heterocycles. The Kier molecular flexibility index (Phi) is 7.04. The predicted molar refractivity (Wildman–Crippen MR) is 139 cm³/mol. The third kappa shape index (κ3) is 4.78. The van der Waals surface area contributed by atoms with Gasteiger partial charge in [0.1, 0.15) is 5.52 Å². The summed E-state index contributed by atoms with van der Waals surface area (Å²) < 4.78 is 4.68. The Bertz CT molecular complexity index is 1190. The van der Waals surface area contributed by atoms with Crippen molar-refractivity contribution in [3.8, 4) is 0 Å². The molecule has 0 spiro atoms. The van der Waals surface area contributed by atoms with Crippen LogP contribution < -0.4 is 11.0 Å². The molecule has 2 aliphatic heterocycles. The molecule has 182 valence electrons. The van der Waals surface area contributed by atoms with Crippen molar-refractivity contribution < 1.29 is 0 Å². The molecule has 34 heavy (non-hydrogen) atoms. The van der Waals surface area contributed by atoms with Gasteiger partial charge in [0.15, 0.2) is 5.65 Å². The smallest absolute Gasteiger partial charge is 0.330 e. The Morgan fingerprint density at radius 2 is 1.91 bits per heavy atom. The molecular formula is C25H34BrN7O. The number of hydrogen-bond acceptors (Lipinski definition) is 6. The number of rotatable bonds is 10. The molecule has 2 aromatic heterocycles. The summed E-state index contributed by atoms with van der Waals surface area (Å²) in [7, 11) is 2.23. The number of halogens is 1. The van der Waals surface area contributed by atoms with E-state index < -0.39 is 0 Å². The van der Waals surface area contributed by atoms with Gasteiger partial charge in [-0.1, -0.05) is 41.4 Å². The van der Waals surface area contributed by atoms with Crippen LogP contribution in [-0.4, -0.2) is 74.2 Å². The van der Waals surface area contributed by atoms with Crippen molar-refractivity contribution in [3.05, 3.63) is 51.0 Å². The Balaban J connectivity index is 1.38. The van der Waals surface area contributed by atoms with Gasteiger partial charge in [0.25, 0.3) is 0 Å². The molecule has 0 aliphatic carbocycles. The SMILES string of the molecule is CCCCNc1ncc2c(n1)n(Cc1ccc(Br)cc1)c(=O)n2CCCN1CC2CC1CN2C. The maximum atomic E-state index is 13.5. The first-order chi connectivity index (χ1) is 16.5. The molecular weight excluding hydrogens is 494 g/mol. The molecule has 5 rings (SSSR count). The van der Waals surface area contributed by atoms with Crippen molar-refractivity contribution in [2.45, 2.75) is 57.8 Å². The normalized spacial score (nSPS) is 20.6. The molecule has 0 radical (unpaired) electrons.